The van der Waals surface area contributed by atoms with Gasteiger partial charge in [0.05, 0.1) is 11.1 Å². The number of benzene rings is 1. The summed E-state index contributed by atoms with van der Waals surface area (Å²) < 4.78 is 7.61. The first-order valence-corrected chi connectivity index (χ1v) is 9.50. The molecule has 2 heterocycles. The van der Waals surface area contributed by atoms with E-state index in [1.807, 2.05) is 19.3 Å². The number of carbonyl (C=O) groups excluding carboxylic acids is 1. The Morgan fingerprint density at radius 3 is 2.69 bits per heavy atom. The van der Waals surface area contributed by atoms with Gasteiger partial charge in [0.1, 0.15) is 5.75 Å². The lowest BCUT2D eigenvalue weighted by molar-refractivity contribution is -0.123. The lowest BCUT2D eigenvalue weighted by Crippen LogP contribution is -2.39. The SMILES string of the molecule is Cn1cccc1[C@@H](CNC(=O)COc1ccc(Cl)cc1Cl)N1CCCC1. The summed E-state index contributed by atoms with van der Waals surface area (Å²) in [5.74, 6) is 0.277. The van der Waals surface area contributed by atoms with Crippen LogP contribution in [0.4, 0.5) is 0 Å². The van der Waals surface area contributed by atoms with E-state index >= 15 is 0 Å². The van der Waals surface area contributed by atoms with Gasteiger partial charge < -0.3 is 14.6 Å². The van der Waals surface area contributed by atoms with Crippen molar-refractivity contribution >= 4 is 29.1 Å². The zero-order chi connectivity index (χ0) is 18.5. The summed E-state index contributed by atoms with van der Waals surface area (Å²) >= 11 is 11.9. The summed E-state index contributed by atoms with van der Waals surface area (Å²) in [4.78, 5) is 14.7. The van der Waals surface area contributed by atoms with Crippen LogP contribution in [0.3, 0.4) is 0 Å². The number of nitrogens with zero attached hydrogens (tertiary/aromatic N) is 2. The van der Waals surface area contributed by atoms with Crippen molar-refractivity contribution in [3.05, 3.63) is 52.3 Å². The highest BCUT2D eigenvalue weighted by Gasteiger charge is 2.25. The molecule has 1 aliphatic heterocycles. The number of halogens is 2. The average Bonchev–Trinajstić information content (AvgIpc) is 3.27. The minimum absolute atomic E-state index is 0.0821. The van der Waals surface area contributed by atoms with E-state index in [0.717, 1.165) is 13.1 Å². The smallest absolute Gasteiger partial charge is 0.258 e. The van der Waals surface area contributed by atoms with Crippen LogP contribution in [0.15, 0.2) is 36.5 Å². The van der Waals surface area contributed by atoms with Gasteiger partial charge in [0.15, 0.2) is 6.61 Å². The number of likely N-dealkylation sites (tertiary alicyclic amines) is 1. The molecule has 1 amide bonds. The molecule has 0 unspecified atom stereocenters. The highest BCUT2D eigenvalue weighted by molar-refractivity contribution is 6.35. The van der Waals surface area contributed by atoms with E-state index in [-0.39, 0.29) is 18.6 Å². The van der Waals surface area contributed by atoms with Gasteiger partial charge in [-0.15, -0.1) is 0 Å². The minimum atomic E-state index is -0.172. The van der Waals surface area contributed by atoms with Crippen LogP contribution in [0, 0.1) is 0 Å². The number of carbonyl (C=O) groups is 1. The normalized spacial score (nSPS) is 15.8. The van der Waals surface area contributed by atoms with Crippen molar-refractivity contribution in [3.63, 3.8) is 0 Å². The summed E-state index contributed by atoms with van der Waals surface area (Å²) in [7, 11) is 2.03. The van der Waals surface area contributed by atoms with Crippen molar-refractivity contribution in [3.8, 4) is 5.75 Å². The molecule has 1 fully saturated rings. The summed E-state index contributed by atoms with van der Waals surface area (Å²) in [6.45, 7) is 2.58. The molecular formula is C19H23Cl2N3O2. The number of aryl methyl sites for hydroxylation is 1. The maximum absolute atomic E-state index is 12.2. The van der Waals surface area contributed by atoms with Gasteiger partial charge in [0, 0.05) is 30.5 Å². The van der Waals surface area contributed by atoms with Crippen LogP contribution in [0.25, 0.3) is 0 Å². The topological polar surface area (TPSA) is 46.5 Å². The Bertz CT molecular complexity index is 757. The average molecular weight is 396 g/mol. The van der Waals surface area contributed by atoms with E-state index in [1.165, 1.54) is 18.5 Å². The molecule has 0 aliphatic carbocycles. The van der Waals surface area contributed by atoms with Crippen molar-refractivity contribution < 1.29 is 9.53 Å². The number of nitrogens with one attached hydrogen (secondary N) is 1. The Labute approximate surface area is 163 Å². The zero-order valence-electron chi connectivity index (χ0n) is 14.8. The molecule has 0 spiro atoms. The van der Waals surface area contributed by atoms with Crippen molar-refractivity contribution in [1.29, 1.82) is 0 Å². The van der Waals surface area contributed by atoms with Crippen molar-refractivity contribution in [1.82, 2.24) is 14.8 Å². The van der Waals surface area contributed by atoms with Gasteiger partial charge in [-0.2, -0.15) is 0 Å². The number of hydrogen-bond donors (Lipinski definition) is 1. The molecule has 1 aromatic heterocycles. The van der Waals surface area contributed by atoms with Crippen LogP contribution in [-0.2, 0) is 11.8 Å². The van der Waals surface area contributed by atoms with Crippen LogP contribution in [-0.4, -0.2) is 41.6 Å². The second kappa shape index (κ2) is 8.80. The molecule has 3 rings (SSSR count). The van der Waals surface area contributed by atoms with E-state index in [4.69, 9.17) is 27.9 Å². The Morgan fingerprint density at radius 1 is 1.27 bits per heavy atom. The van der Waals surface area contributed by atoms with Gasteiger partial charge in [0.25, 0.3) is 5.91 Å². The number of amides is 1. The Kier molecular flexibility index (Phi) is 6.46. The molecule has 1 aliphatic rings. The highest BCUT2D eigenvalue weighted by Crippen LogP contribution is 2.27. The predicted molar refractivity (Wildman–Crippen MR) is 104 cm³/mol. The van der Waals surface area contributed by atoms with Crippen LogP contribution in [0.5, 0.6) is 5.75 Å². The zero-order valence-corrected chi connectivity index (χ0v) is 16.3. The number of ether oxygens (including phenoxy) is 1. The fraction of sp³-hybridized carbons (Fsp3) is 0.421. The standard InChI is InChI=1S/C19H23Cl2N3O2/c1-23-8-4-5-16(23)17(24-9-2-3-10-24)12-22-19(25)13-26-18-7-6-14(20)11-15(18)21/h4-8,11,17H,2-3,9-10,12-13H2,1H3,(H,22,25)/t17-/m1/s1. The third-order valence-corrected chi connectivity index (χ3v) is 5.18. The van der Waals surface area contributed by atoms with E-state index in [2.05, 4.69) is 20.9 Å². The van der Waals surface area contributed by atoms with Crippen LogP contribution < -0.4 is 10.1 Å². The second-order valence-electron chi connectivity index (χ2n) is 6.47. The lowest BCUT2D eigenvalue weighted by atomic mass is 10.1. The van der Waals surface area contributed by atoms with Gasteiger partial charge in [-0.1, -0.05) is 23.2 Å². The first kappa shape index (κ1) is 19.1. The molecule has 0 bridgehead atoms. The molecule has 1 atom stereocenters. The first-order valence-electron chi connectivity index (χ1n) is 8.74. The molecule has 1 aromatic carbocycles. The Balaban J connectivity index is 1.56. The number of aromatic nitrogens is 1. The van der Waals surface area contributed by atoms with E-state index in [9.17, 15) is 4.79 Å². The molecule has 5 nitrogen and oxygen atoms in total. The molecule has 2 aromatic rings. The fourth-order valence-corrected chi connectivity index (χ4v) is 3.75. The Morgan fingerprint density at radius 2 is 2.04 bits per heavy atom. The molecule has 1 saturated heterocycles. The van der Waals surface area contributed by atoms with Crippen molar-refractivity contribution in [2.24, 2.45) is 7.05 Å². The molecule has 7 heteroatoms. The molecule has 0 saturated carbocycles. The van der Waals surface area contributed by atoms with Gasteiger partial charge >= 0.3 is 0 Å². The van der Waals surface area contributed by atoms with E-state index < -0.39 is 0 Å². The van der Waals surface area contributed by atoms with Gasteiger partial charge in [-0.3, -0.25) is 9.69 Å². The molecule has 26 heavy (non-hydrogen) atoms. The van der Waals surface area contributed by atoms with E-state index in [0.29, 0.717) is 22.3 Å². The molecular weight excluding hydrogens is 373 g/mol. The fourth-order valence-electron chi connectivity index (χ4n) is 3.29. The van der Waals surface area contributed by atoms with Crippen molar-refractivity contribution in [2.45, 2.75) is 18.9 Å². The monoisotopic (exact) mass is 395 g/mol. The second-order valence-corrected chi connectivity index (χ2v) is 7.31. The molecule has 1 N–H and O–H groups in total. The quantitative estimate of drug-likeness (QED) is 0.777. The lowest BCUT2D eigenvalue weighted by Gasteiger charge is -2.28. The number of rotatable bonds is 7. The minimum Gasteiger partial charge on any atom is -0.482 e. The van der Waals surface area contributed by atoms with Gasteiger partial charge in [-0.25, -0.2) is 0 Å². The van der Waals surface area contributed by atoms with Gasteiger partial charge in [0.2, 0.25) is 0 Å². The third kappa shape index (κ3) is 4.72. The summed E-state index contributed by atoms with van der Waals surface area (Å²) in [6.07, 6.45) is 4.44. The third-order valence-electron chi connectivity index (χ3n) is 4.65. The van der Waals surface area contributed by atoms with Crippen LogP contribution in [0.1, 0.15) is 24.6 Å². The largest absolute Gasteiger partial charge is 0.482 e. The van der Waals surface area contributed by atoms with Crippen molar-refractivity contribution in [2.75, 3.05) is 26.2 Å². The van der Waals surface area contributed by atoms with E-state index in [1.54, 1.807) is 18.2 Å². The maximum atomic E-state index is 12.2. The Hall–Kier alpha value is -1.69. The summed E-state index contributed by atoms with van der Waals surface area (Å²) in [5, 5.41) is 3.91. The summed E-state index contributed by atoms with van der Waals surface area (Å²) in [5.41, 5.74) is 1.20. The molecule has 0 radical (unpaired) electrons. The highest BCUT2D eigenvalue weighted by atomic mass is 35.5. The predicted octanol–water partition coefficient (Wildman–Crippen LogP) is 3.66. The maximum Gasteiger partial charge on any atom is 0.258 e. The van der Waals surface area contributed by atoms with Gasteiger partial charge in [-0.05, 0) is 56.3 Å². The van der Waals surface area contributed by atoms with Crippen LogP contribution >= 0.6 is 23.2 Å². The first-order chi connectivity index (χ1) is 12.5. The van der Waals surface area contributed by atoms with Crippen LogP contribution in [0.2, 0.25) is 10.0 Å². The summed E-state index contributed by atoms with van der Waals surface area (Å²) in [6, 6.07) is 9.25. The number of hydrogen-bond acceptors (Lipinski definition) is 3. The molecule has 140 valence electrons.